The second-order valence-corrected chi connectivity index (χ2v) is 7.19. The molecule has 0 spiro atoms. The predicted octanol–water partition coefficient (Wildman–Crippen LogP) is 3.60. The Balaban J connectivity index is 1.97. The average Bonchev–Trinajstić information content (AvgIpc) is 2.55. The highest BCUT2D eigenvalue weighted by Crippen LogP contribution is 2.25. The molecule has 0 radical (unpaired) electrons. The molecule has 0 bridgehead atoms. The average molecular weight is 333 g/mol. The highest BCUT2D eigenvalue weighted by atomic mass is 16.3. The number of carbonyl (C=O) groups excluding carboxylic acids is 1. The third-order valence-corrected chi connectivity index (χ3v) is 5.11. The Morgan fingerprint density at radius 1 is 1.38 bits per heavy atom. The van der Waals surface area contributed by atoms with Crippen molar-refractivity contribution in [3.63, 3.8) is 0 Å². The van der Waals surface area contributed by atoms with E-state index in [0.29, 0.717) is 6.42 Å². The standard InChI is InChI=1S/C19H31N3O2/c1-4-19(3,10-13-23)21-18(24)20-16-6-5-7-17(14-16)22-11-8-15(2)9-12-22/h5-7,14-15,23H,4,8-13H2,1-3H3,(H2,20,21,24). The Kier molecular flexibility index (Phi) is 6.49. The first kappa shape index (κ1) is 18.6. The number of anilines is 2. The van der Waals surface area contributed by atoms with E-state index in [-0.39, 0.29) is 18.2 Å². The summed E-state index contributed by atoms with van der Waals surface area (Å²) >= 11 is 0. The molecule has 2 amide bonds. The van der Waals surface area contributed by atoms with Crippen LogP contribution < -0.4 is 15.5 Å². The number of carbonyl (C=O) groups is 1. The van der Waals surface area contributed by atoms with Crippen molar-refractivity contribution in [2.75, 3.05) is 29.9 Å². The number of hydrogen-bond donors (Lipinski definition) is 3. The molecule has 1 saturated heterocycles. The van der Waals surface area contributed by atoms with Crippen LogP contribution >= 0.6 is 0 Å². The summed E-state index contributed by atoms with van der Waals surface area (Å²) in [5.74, 6) is 0.798. The number of piperidine rings is 1. The van der Waals surface area contributed by atoms with Crippen LogP contribution in [0.5, 0.6) is 0 Å². The van der Waals surface area contributed by atoms with E-state index in [2.05, 4.69) is 28.5 Å². The van der Waals surface area contributed by atoms with E-state index >= 15 is 0 Å². The molecular formula is C19H31N3O2. The van der Waals surface area contributed by atoms with Crippen LogP contribution in [0.1, 0.15) is 46.5 Å². The van der Waals surface area contributed by atoms with Gasteiger partial charge in [-0.05, 0) is 56.7 Å². The Hall–Kier alpha value is -1.75. The molecule has 0 aliphatic carbocycles. The van der Waals surface area contributed by atoms with Gasteiger partial charge in [-0.1, -0.05) is 19.9 Å². The fraction of sp³-hybridized carbons (Fsp3) is 0.632. The molecule has 3 N–H and O–H groups in total. The predicted molar refractivity (Wildman–Crippen MR) is 99.6 cm³/mol. The van der Waals surface area contributed by atoms with Crippen LogP contribution in [0, 0.1) is 5.92 Å². The van der Waals surface area contributed by atoms with Crippen LogP contribution in [0.3, 0.4) is 0 Å². The number of benzene rings is 1. The second kappa shape index (κ2) is 8.38. The molecule has 0 saturated carbocycles. The number of urea groups is 1. The number of nitrogens with zero attached hydrogens (tertiary/aromatic N) is 1. The van der Waals surface area contributed by atoms with Crippen LogP contribution in [0.2, 0.25) is 0 Å². The van der Waals surface area contributed by atoms with Crippen molar-refractivity contribution in [3.8, 4) is 0 Å². The van der Waals surface area contributed by atoms with Gasteiger partial charge in [0, 0.05) is 36.6 Å². The van der Waals surface area contributed by atoms with E-state index in [4.69, 9.17) is 5.11 Å². The van der Waals surface area contributed by atoms with Crippen LogP contribution in [0.4, 0.5) is 16.2 Å². The SMILES string of the molecule is CCC(C)(CCO)NC(=O)Nc1cccc(N2CCC(C)CC2)c1. The van der Waals surface area contributed by atoms with E-state index in [1.807, 2.05) is 32.0 Å². The van der Waals surface area contributed by atoms with Gasteiger partial charge in [0.1, 0.15) is 0 Å². The smallest absolute Gasteiger partial charge is 0.319 e. The minimum Gasteiger partial charge on any atom is -0.396 e. The van der Waals surface area contributed by atoms with Crippen LogP contribution in [-0.4, -0.2) is 36.4 Å². The molecule has 24 heavy (non-hydrogen) atoms. The molecule has 1 fully saturated rings. The minimum absolute atomic E-state index is 0.0630. The summed E-state index contributed by atoms with van der Waals surface area (Å²) in [7, 11) is 0. The normalized spacial score (nSPS) is 18.1. The first-order valence-corrected chi connectivity index (χ1v) is 9.01. The van der Waals surface area contributed by atoms with Crippen LogP contribution in [0.25, 0.3) is 0 Å². The first-order chi connectivity index (χ1) is 11.5. The molecule has 1 aliphatic heterocycles. The van der Waals surface area contributed by atoms with Crippen LogP contribution in [0.15, 0.2) is 24.3 Å². The number of nitrogens with one attached hydrogen (secondary N) is 2. The number of aliphatic hydroxyl groups excluding tert-OH is 1. The molecule has 134 valence electrons. The van der Waals surface area contributed by atoms with E-state index in [1.165, 1.54) is 12.8 Å². The van der Waals surface area contributed by atoms with Gasteiger partial charge in [-0.3, -0.25) is 0 Å². The Labute approximate surface area is 145 Å². The third kappa shape index (κ3) is 5.13. The van der Waals surface area contributed by atoms with Crippen molar-refractivity contribution in [2.24, 2.45) is 5.92 Å². The molecule has 1 heterocycles. The summed E-state index contributed by atoms with van der Waals surface area (Å²) in [6.45, 7) is 8.47. The lowest BCUT2D eigenvalue weighted by Crippen LogP contribution is -2.48. The Bertz CT molecular complexity index is 541. The zero-order chi connectivity index (χ0) is 17.6. The Morgan fingerprint density at radius 2 is 2.08 bits per heavy atom. The maximum atomic E-state index is 12.3. The molecule has 5 nitrogen and oxygen atoms in total. The highest BCUT2D eigenvalue weighted by Gasteiger charge is 2.23. The van der Waals surface area contributed by atoms with Crippen molar-refractivity contribution in [3.05, 3.63) is 24.3 Å². The molecule has 2 rings (SSSR count). The van der Waals surface area contributed by atoms with Crippen molar-refractivity contribution in [1.82, 2.24) is 5.32 Å². The molecule has 5 heteroatoms. The van der Waals surface area contributed by atoms with Gasteiger partial charge in [0.05, 0.1) is 0 Å². The van der Waals surface area contributed by atoms with Gasteiger partial charge in [0.2, 0.25) is 0 Å². The minimum atomic E-state index is -0.389. The van der Waals surface area contributed by atoms with Gasteiger partial charge in [0.25, 0.3) is 0 Å². The largest absolute Gasteiger partial charge is 0.396 e. The van der Waals surface area contributed by atoms with E-state index in [0.717, 1.165) is 36.8 Å². The third-order valence-electron chi connectivity index (χ3n) is 5.11. The summed E-state index contributed by atoms with van der Waals surface area (Å²) < 4.78 is 0. The van der Waals surface area contributed by atoms with Crippen molar-refractivity contribution < 1.29 is 9.90 Å². The van der Waals surface area contributed by atoms with Gasteiger partial charge in [-0.25, -0.2) is 4.79 Å². The fourth-order valence-electron chi connectivity index (χ4n) is 3.06. The summed E-state index contributed by atoms with van der Waals surface area (Å²) in [5.41, 5.74) is 1.57. The zero-order valence-corrected chi connectivity index (χ0v) is 15.1. The molecule has 1 aromatic rings. The number of hydrogen-bond acceptors (Lipinski definition) is 3. The maximum Gasteiger partial charge on any atom is 0.319 e. The van der Waals surface area contributed by atoms with E-state index in [1.54, 1.807) is 0 Å². The summed E-state index contributed by atoms with van der Waals surface area (Å²) in [4.78, 5) is 14.7. The lowest BCUT2D eigenvalue weighted by Gasteiger charge is -2.32. The maximum absolute atomic E-state index is 12.3. The van der Waals surface area contributed by atoms with Crippen molar-refractivity contribution >= 4 is 17.4 Å². The van der Waals surface area contributed by atoms with Gasteiger partial charge in [0.15, 0.2) is 0 Å². The number of rotatable bonds is 6. The van der Waals surface area contributed by atoms with Gasteiger partial charge >= 0.3 is 6.03 Å². The molecule has 1 aromatic carbocycles. The summed E-state index contributed by atoms with van der Waals surface area (Å²) in [5, 5.41) is 15.1. The number of aliphatic hydroxyl groups is 1. The lowest BCUT2D eigenvalue weighted by molar-refractivity contribution is 0.208. The van der Waals surface area contributed by atoms with Crippen LogP contribution in [-0.2, 0) is 0 Å². The van der Waals surface area contributed by atoms with E-state index < -0.39 is 0 Å². The second-order valence-electron chi connectivity index (χ2n) is 7.19. The highest BCUT2D eigenvalue weighted by molar-refractivity contribution is 5.90. The lowest BCUT2D eigenvalue weighted by atomic mass is 9.95. The first-order valence-electron chi connectivity index (χ1n) is 9.01. The molecule has 1 unspecified atom stereocenters. The van der Waals surface area contributed by atoms with Crippen molar-refractivity contribution in [2.45, 2.75) is 52.0 Å². The fourth-order valence-corrected chi connectivity index (χ4v) is 3.06. The van der Waals surface area contributed by atoms with Gasteiger partial charge in [-0.2, -0.15) is 0 Å². The van der Waals surface area contributed by atoms with Gasteiger partial charge < -0.3 is 20.6 Å². The zero-order valence-electron chi connectivity index (χ0n) is 15.1. The quantitative estimate of drug-likeness (QED) is 0.745. The Morgan fingerprint density at radius 3 is 2.71 bits per heavy atom. The number of amides is 2. The topological polar surface area (TPSA) is 64.6 Å². The van der Waals surface area contributed by atoms with Crippen molar-refractivity contribution in [1.29, 1.82) is 0 Å². The summed E-state index contributed by atoms with van der Waals surface area (Å²) in [6.07, 6.45) is 3.75. The molecular weight excluding hydrogens is 302 g/mol. The molecule has 1 atom stereocenters. The van der Waals surface area contributed by atoms with E-state index in [9.17, 15) is 4.79 Å². The van der Waals surface area contributed by atoms with Gasteiger partial charge in [-0.15, -0.1) is 0 Å². The monoisotopic (exact) mass is 333 g/mol. The molecule has 1 aliphatic rings. The molecule has 0 aromatic heterocycles. The summed E-state index contributed by atoms with van der Waals surface area (Å²) in [6, 6.07) is 7.80.